The summed E-state index contributed by atoms with van der Waals surface area (Å²) in [5.41, 5.74) is 13.0. The van der Waals surface area contributed by atoms with E-state index in [0.29, 0.717) is 17.3 Å². The van der Waals surface area contributed by atoms with E-state index in [1.54, 1.807) is 18.3 Å². The summed E-state index contributed by atoms with van der Waals surface area (Å²) in [7, 11) is 0. The van der Waals surface area contributed by atoms with Crippen LogP contribution < -0.4 is 22.1 Å². The minimum absolute atomic E-state index is 0.139. The molecule has 0 unspecified atom stereocenters. The number of amides is 1. The molecular weight excluding hydrogens is 352 g/mol. The molecule has 4 rings (SSSR count). The molecule has 0 aliphatic heterocycles. The SMILES string of the molecule is NC(=O)c1ccc2cc(Nc3ccnc(N[C@@H]4CCCC[C@@H]4N)n3)ccc2c1. The van der Waals surface area contributed by atoms with Crippen LogP contribution in [0.3, 0.4) is 0 Å². The molecule has 1 heterocycles. The van der Waals surface area contributed by atoms with Crippen molar-refractivity contribution in [1.29, 1.82) is 0 Å². The molecule has 0 bridgehead atoms. The second kappa shape index (κ2) is 7.82. The molecule has 0 saturated heterocycles. The fourth-order valence-electron chi connectivity index (χ4n) is 3.63. The summed E-state index contributed by atoms with van der Waals surface area (Å²) in [5.74, 6) is 0.858. The Hall–Kier alpha value is -3.19. The van der Waals surface area contributed by atoms with E-state index < -0.39 is 5.91 Å². The van der Waals surface area contributed by atoms with Crippen LogP contribution in [-0.4, -0.2) is 28.0 Å². The van der Waals surface area contributed by atoms with Crippen molar-refractivity contribution in [2.75, 3.05) is 10.6 Å². The minimum Gasteiger partial charge on any atom is -0.366 e. The molecule has 3 aromatic rings. The van der Waals surface area contributed by atoms with Crippen LogP contribution in [0.15, 0.2) is 48.7 Å². The summed E-state index contributed by atoms with van der Waals surface area (Å²) in [4.78, 5) is 20.2. The summed E-state index contributed by atoms with van der Waals surface area (Å²) in [6.07, 6.45) is 6.17. The first-order valence-electron chi connectivity index (χ1n) is 9.54. The molecule has 6 N–H and O–H groups in total. The van der Waals surface area contributed by atoms with Gasteiger partial charge in [-0.2, -0.15) is 4.98 Å². The van der Waals surface area contributed by atoms with Crippen molar-refractivity contribution in [3.63, 3.8) is 0 Å². The van der Waals surface area contributed by atoms with Gasteiger partial charge in [0, 0.05) is 29.5 Å². The van der Waals surface area contributed by atoms with Crippen molar-refractivity contribution in [2.24, 2.45) is 11.5 Å². The van der Waals surface area contributed by atoms with Gasteiger partial charge in [-0.05, 0) is 53.9 Å². The molecule has 1 saturated carbocycles. The molecule has 1 aliphatic carbocycles. The number of nitrogens with one attached hydrogen (secondary N) is 2. The van der Waals surface area contributed by atoms with Crippen LogP contribution in [0.2, 0.25) is 0 Å². The van der Waals surface area contributed by atoms with E-state index in [4.69, 9.17) is 11.5 Å². The maximum Gasteiger partial charge on any atom is 0.248 e. The molecule has 0 spiro atoms. The molecule has 0 radical (unpaired) electrons. The van der Waals surface area contributed by atoms with Crippen LogP contribution in [0.1, 0.15) is 36.0 Å². The first-order valence-corrected chi connectivity index (χ1v) is 9.54. The Kier molecular flexibility index (Phi) is 5.08. The molecule has 2 aromatic carbocycles. The van der Waals surface area contributed by atoms with Crippen molar-refractivity contribution in [1.82, 2.24) is 9.97 Å². The molecule has 144 valence electrons. The lowest BCUT2D eigenvalue weighted by atomic mass is 9.91. The zero-order valence-electron chi connectivity index (χ0n) is 15.6. The Morgan fingerprint density at radius 2 is 1.82 bits per heavy atom. The average Bonchev–Trinajstić information content (AvgIpc) is 2.69. The third-order valence-corrected chi connectivity index (χ3v) is 5.19. The first kappa shape index (κ1) is 18.2. The van der Waals surface area contributed by atoms with Gasteiger partial charge in [0.05, 0.1) is 0 Å². The lowest BCUT2D eigenvalue weighted by Gasteiger charge is -2.29. The van der Waals surface area contributed by atoms with Gasteiger partial charge >= 0.3 is 0 Å². The first-order chi connectivity index (χ1) is 13.6. The van der Waals surface area contributed by atoms with Crippen molar-refractivity contribution < 1.29 is 4.79 Å². The van der Waals surface area contributed by atoms with E-state index in [0.717, 1.165) is 29.3 Å². The molecule has 1 fully saturated rings. The third kappa shape index (κ3) is 4.04. The van der Waals surface area contributed by atoms with Crippen LogP contribution in [0.25, 0.3) is 10.8 Å². The molecule has 1 amide bonds. The molecule has 2 atom stereocenters. The molecule has 1 aromatic heterocycles. The number of rotatable bonds is 5. The van der Waals surface area contributed by atoms with Crippen molar-refractivity contribution >= 4 is 34.1 Å². The second-order valence-corrected chi connectivity index (χ2v) is 7.23. The number of primary amides is 1. The fourth-order valence-corrected chi connectivity index (χ4v) is 3.63. The smallest absolute Gasteiger partial charge is 0.248 e. The van der Waals surface area contributed by atoms with E-state index in [1.165, 1.54) is 12.8 Å². The van der Waals surface area contributed by atoms with Gasteiger partial charge in [-0.15, -0.1) is 0 Å². The lowest BCUT2D eigenvalue weighted by molar-refractivity contribution is 0.100. The van der Waals surface area contributed by atoms with E-state index in [-0.39, 0.29) is 12.1 Å². The largest absolute Gasteiger partial charge is 0.366 e. The highest BCUT2D eigenvalue weighted by Gasteiger charge is 2.22. The molecule has 7 heteroatoms. The number of carbonyl (C=O) groups excluding carboxylic acids is 1. The van der Waals surface area contributed by atoms with Crippen LogP contribution in [0.5, 0.6) is 0 Å². The maximum atomic E-state index is 11.3. The molecular formula is C21H24N6O. The number of nitrogens with zero attached hydrogens (tertiary/aromatic N) is 2. The van der Waals surface area contributed by atoms with Gasteiger partial charge in [0.2, 0.25) is 11.9 Å². The summed E-state index contributed by atoms with van der Waals surface area (Å²) >= 11 is 0. The normalized spacial score (nSPS) is 19.3. The Morgan fingerprint density at radius 3 is 2.64 bits per heavy atom. The predicted molar refractivity (Wildman–Crippen MR) is 112 cm³/mol. The van der Waals surface area contributed by atoms with Crippen molar-refractivity contribution in [3.05, 3.63) is 54.2 Å². The van der Waals surface area contributed by atoms with Gasteiger partial charge in [0.15, 0.2) is 0 Å². The van der Waals surface area contributed by atoms with Gasteiger partial charge in [0.25, 0.3) is 0 Å². The van der Waals surface area contributed by atoms with E-state index in [1.807, 2.05) is 30.3 Å². The van der Waals surface area contributed by atoms with Crippen molar-refractivity contribution in [3.8, 4) is 0 Å². The Balaban J connectivity index is 1.50. The number of carbonyl (C=O) groups is 1. The van der Waals surface area contributed by atoms with Crippen molar-refractivity contribution in [2.45, 2.75) is 37.8 Å². The van der Waals surface area contributed by atoms with E-state index in [2.05, 4.69) is 20.6 Å². The molecule has 28 heavy (non-hydrogen) atoms. The van der Waals surface area contributed by atoms with E-state index in [9.17, 15) is 4.79 Å². The Labute approximate surface area is 163 Å². The predicted octanol–water partition coefficient (Wildman–Crippen LogP) is 3.15. The van der Waals surface area contributed by atoms with Crippen LogP contribution in [-0.2, 0) is 0 Å². The number of benzene rings is 2. The fraction of sp³-hybridized carbons (Fsp3) is 0.286. The number of hydrogen-bond donors (Lipinski definition) is 4. The zero-order valence-corrected chi connectivity index (χ0v) is 15.6. The topological polar surface area (TPSA) is 119 Å². The standard InChI is InChI=1S/C21H24N6O/c22-17-3-1-2-4-18(17)26-21-24-10-9-19(27-21)25-16-8-7-13-11-15(20(23)28)6-5-14(13)12-16/h5-12,17-18H,1-4,22H2,(H2,23,28)(H2,24,25,26,27)/t17-,18+/m0/s1. The number of fused-ring (bicyclic) bond motifs is 1. The molecule has 1 aliphatic rings. The minimum atomic E-state index is -0.428. The van der Waals surface area contributed by atoms with Gasteiger partial charge in [-0.1, -0.05) is 25.0 Å². The average molecular weight is 376 g/mol. The summed E-state index contributed by atoms with van der Waals surface area (Å²) in [6, 6.07) is 13.5. The van der Waals surface area contributed by atoms with Crippen LogP contribution in [0, 0.1) is 0 Å². The van der Waals surface area contributed by atoms with E-state index >= 15 is 0 Å². The number of anilines is 3. The number of nitrogens with two attached hydrogens (primary N) is 2. The van der Waals surface area contributed by atoms with Gasteiger partial charge in [-0.25, -0.2) is 4.98 Å². The number of hydrogen-bond acceptors (Lipinski definition) is 6. The number of aromatic nitrogens is 2. The van der Waals surface area contributed by atoms with Crippen LogP contribution in [0.4, 0.5) is 17.5 Å². The summed E-state index contributed by atoms with van der Waals surface area (Å²) in [6.45, 7) is 0. The van der Waals surface area contributed by atoms with Gasteiger partial charge < -0.3 is 22.1 Å². The quantitative estimate of drug-likeness (QED) is 0.543. The third-order valence-electron chi connectivity index (χ3n) is 5.19. The Morgan fingerprint density at radius 1 is 1.04 bits per heavy atom. The maximum absolute atomic E-state index is 11.3. The highest BCUT2D eigenvalue weighted by Crippen LogP contribution is 2.24. The highest BCUT2D eigenvalue weighted by molar-refractivity contribution is 5.98. The monoisotopic (exact) mass is 376 g/mol. The Bertz CT molecular complexity index is 1010. The van der Waals surface area contributed by atoms with Gasteiger partial charge in [-0.3, -0.25) is 4.79 Å². The summed E-state index contributed by atoms with van der Waals surface area (Å²) in [5, 5.41) is 8.65. The second-order valence-electron chi connectivity index (χ2n) is 7.23. The lowest BCUT2D eigenvalue weighted by Crippen LogP contribution is -2.42. The van der Waals surface area contributed by atoms with Gasteiger partial charge in [0.1, 0.15) is 5.82 Å². The molecule has 7 nitrogen and oxygen atoms in total. The zero-order chi connectivity index (χ0) is 19.5. The van der Waals surface area contributed by atoms with Crippen LogP contribution >= 0.6 is 0 Å². The highest BCUT2D eigenvalue weighted by atomic mass is 16.1. The summed E-state index contributed by atoms with van der Waals surface area (Å²) < 4.78 is 0.